The van der Waals surface area contributed by atoms with Gasteiger partial charge in [0.1, 0.15) is 11.3 Å². The lowest BCUT2D eigenvalue weighted by atomic mass is 9.84. The van der Waals surface area contributed by atoms with Crippen molar-refractivity contribution >= 4 is 17.8 Å². The van der Waals surface area contributed by atoms with Crippen LogP contribution in [0, 0.1) is 5.92 Å². The molecule has 0 spiro atoms. The fourth-order valence-corrected chi connectivity index (χ4v) is 3.88. The van der Waals surface area contributed by atoms with E-state index in [9.17, 15) is 14.4 Å². The zero-order valence-corrected chi connectivity index (χ0v) is 18.0. The Kier molecular flexibility index (Phi) is 7.46. The van der Waals surface area contributed by atoms with Crippen LogP contribution in [0.1, 0.15) is 85.5 Å². The summed E-state index contributed by atoms with van der Waals surface area (Å²) in [6, 6.07) is -0.0647. The van der Waals surface area contributed by atoms with Gasteiger partial charge in [0.2, 0.25) is 5.91 Å². The number of nitrogens with one attached hydrogen (secondary N) is 2. The number of hydrogen-bond acceptors (Lipinski definition) is 6. The lowest BCUT2D eigenvalue weighted by Gasteiger charge is -2.30. The minimum Gasteiger partial charge on any atom is -0.465 e. The highest BCUT2D eigenvalue weighted by Crippen LogP contribution is 2.27. The molecule has 29 heavy (non-hydrogen) atoms. The largest absolute Gasteiger partial charge is 0.465 e. The molecular formula is C21H33N3O5. The maximum atomic E-state index is 12.7. The van der Waals surface area contributed by atoms with Gasteiger partial charge in [0, 0.05) is 18.3 Å². The van der Waals surface area contributed by atoms with Gasteiger partial charge in [0.25, 0.3) is 0 Å². The number of ether oxygens (including phenoxy) is 2. The van der Waals surface area contributed by atoms with Crippen LogP contribution in [0.5, 0.6) is 0 Å². The zero-order valence-electron chi connectivity index (χ0n) is 18.0. The number of carbonyl (C=O) groups is 3. The zero-order chi connectivity index (χ0) is 21.8. The maximum Gasteiger partial charge on any atom is 0.355 e. The molecule has 8 nitrogen and oxygen atoms in total. The van der Waals surface area contributed by atoms with E-state index in [0.717, 1.165) is 25.7 Å². The number of nitrogens with two attached hydrogens (primary N) is 1. The predicted octanol–water partition coefficient (Wildman–Crippen LogP) is 2.45. The topological polar surface area (TPSA) is 124 Å². The number of aromatic nitrogens is 1. The number of hydrogen-bond donors (Lipinski definition) is 3. The first-order valence-electron chi connectivity index (χ1n) is 10.2. The molecule has 1 fully saturated rings. The number of carbonyl (C=O) groups excluding carboxylic acids is 3. The van der Waals surface area contributed by atoms with Gasteiger partial charge in [0.15, 0.2) is 0 Å². The average molecular weight is 408 g/mol. The van der Waals surface area contributed by atoms with E-state index in [1.54, 1.807) is 20.8 Å². The maximum absolute atomic E-state index is 12.7. The van der Waals surface area contributed by atoms with Crippen LogP contribution in [0.15, 0.2) is 0 Å². The molecule has 0 bridgehead atoms. The minimum atomic E-state index is -0.659. The Morgan fingerprint density at radius 2 is 1.83 bits per heavy atom. The molecule has 4 N–H and O–H groups in total. The van der Waals surface area contributed by atoms with Crippen molar-refractivity contribution in [1.29, 1.82) is 0 Å². The van der Waals surface area contributed by atoms with E-state index in [1.165, 1.54) is 7.11 Å². The van der Waals surface area contributed by atoms with Gasteiger partial charge in [-0.25, -0.2) is 9.59 Å². The van der Waals surface area contributed by atoms with Crippen molar-refractivity contribution in [2.75, 3.05) is 7.11 Å². The summed E-state index contributed by atoms with van der Waals surface area (Å²) in [5, 5.41) is 3.35. The van der Waals surface area contributed by atoms with Crippen molar-refractivity contribution in [2.24, 2.45) is 11.7 Å². The molecule has 1 aromatic heterocycles. The SMILES string of the molecule is CCc1c(C(=O)OC(C)(C)C)[nH]c(CNC2CCCCC2C(N)=O)c1C(=O)OC. The first-order chi connectivity index (χ1) is 13.6. The Morgan fingerprint density at radius 3 is 2.38 bits per heavy atom. The van der Waals surface area contributed by atoms with Gasteiger partial charge in [0.05, 0.1) is 18.6 Å². The molecular weight excluding hydrogens is 374 g/mol. The molecule has 1 saturated carbocycles. The number of esters is 2. The van der Waals surface area contributed by atoms with Gasteiger partial charge in [-0.1, -0.05) is 19.8 Å². The van der Waals surface area contributed by atoms with Crippen LogP contribution in [0.25, 0.3) is 0 Å². The molecule has 0 aliphatic heterocycles. The summed E-state index contributed by atoms with van der Waals surface area (Å²) < 4.78 is 10.4. The summed E-state index contributed by atoms with van der Waals surface area (Å²) in [7, 11) is 1.31. The molecule has 2 unspecified atom stereocenters. The summed E-state index contributed by atoms with van der Waals surface area (Å²) in [6.45, 7) is 7.52. The van der Waals surface area contributed by atoms with Crippen LogP contribution < -0.4 is 11.1 Å². The molecule has 162 valence electrons. The molecule has 0 aromatic carbocycles. The molecule has 0 radical (unpaired) electrons. The third-order valence-corrected chi connectivity index (χ3v) is 5.20. The van der Waals surface area contributed by atoms with Gasteiger partial charge in [-0.3, -0.25) is 4.79 Å². The Morgan fingerprint density at radius 1 is 1.17 bits per heavy atom. The molecule has 1 aliphatic carbocycles. The minimum absolute atomic E-state index is 0.0647. The second-order valence-corrected chi connectivity index (χ2v) is 8.46. The Hall–Kier alpha value is -2.35. The van der Waals surface area contributed by atoms with Crippen molar-refractivity contribution in [3.05, 3.63) is 22.5 Å². The molecule has 0 saturated heterocycles. The van der Waals surface area contributed by atoms with Gasteiger partial charge in [-0.05, 0) is 45.6 Å². The van der Waals surface area contributed by atoms with Crippen molar-refractivity contribution in [1.82, 2.24) is 10.3 Å². The first-order valence-corrected chi connectivity index (χ1v) is 10.2. The van der Waals surface area contributed by atoms with Gasteiger partial charge in [-0.2, -0.15) is 0 Å². The van der Waals surface area contributed by atoms with E-state index < -0.39 is 17.5 Å². The van der Waals surface area contributed by atoms with E-state index in [4.69, 9.17) is 15.2 Å². The van der Waals surface area contributed by atoms with E-state index in [1.807, 2.05) is 6.92 Å². The van der Waals surface area contributed by atoms with E-state index in [0.29, 0.717) is 23.2 Å². The lowest BCUT2D eigenvalue weighted by Crippen LogP contribution is -2.44. The quantitative estimate of drug-likeness (QED) is 0.597. The molecule has 1 aliphatic rings. The normalized spacial score (nSPS) is 19.6. The van der Waals surface area contributed by atoms with Crippen molar-refractivity contribution in [2.45, 2.75) is 78.0 Å². The Balaban J connectivity index is 2.33. The standard InChI is InChI=1S/C21H33N3O5/c1-6-12-16(19(26)28-5)15(24-17(12)20(27)29-21(2,3)4)11-23-14-10-8-7-9-13(14)18(22)25/h13-14,23-24H,6-11H2,1-5H3,(H2,22,25). The lowest BCUT2D eigenvalue weighted by molar-refractivity contribution is -0.123. The second-order valence-electron chi connectivity index (χ2n) is 8.46. The summed E-state index contributed by atoms with van der Waals surface area (Å²) in [6.07, 6.45) is 4.04. The van der Waals surface area contributed by atoms with Crippen LogP contribution in [0.4, 0.5) is 0 Å². The van der Waals surface area contributed by atoms with E-state index in [-0.39, 0.29) is 30.1 Å². The van der Waals surface area contributed by atoms with Crippen LogP contribution in [0.2, 0.25) is 0 Å². The third kappa shape index (κ3) is 5.59. The van der Waals surface area contributed by atoms with Gasteiger partial charge in [-0.15, -0.1) is 0 Å². The Bertz CT molecular complexity index is 763. The number of aromatic amines is 1. The van der Waals surface area contributed by atoms with Crippen molar-refractivity contribution in [3.8, 4) is 0 Å². The van der Waals surface area contributed by atoms with E-state index in [2.05, 4.69) is 10.3 Å². The van der Waals surface area contributed by atoms with Gasteiger partial charge >= 0.3 is 11.9 Å². The fourth-order valence-electron chi connectivity index (χ4n) is 3.88. The second kappa shape index (κ2) is 9.43. The molecule has 1 amide bonds. The molecule has 8 heteroatoms. The third-order valence-electron chi connectivity index (χ3n) is 5.20. The molecule has 1 heterocycles. The molecule has 2 atom stereocenters. The van der Waals surface area contributed by atoms with Crippen LogP contribution >= 0.6 is 0 Å². The first kappa shape index (κ1) is 22.9. The monoisotopic (exact) mass is 407 g/mol. The Labute approximate surface area is 171 Å². The van der Waals surface area contributed by atoms with Crippen molar-refractivity contribution in [3.63, 3.8) is 0 Å². The smallest absolute Gasteiger partial charge is 0.355 e. The van der Waals surface area contributed by atoms with Crippen LogP contribution in [-0.4, -0.2) is 41.6 Å². The highest BCUT2D eigenvalue weighted by Gasteiger charge is 2.32. The number of amides is 1. The van der Waals surface area contributed by atoms with E-state index >= 15 is 0 Å². The summed E-state index contributed by atoms with van der Waals surface area (Å²) in [5.41, 5.74) is 6.61. The fraction of sp³-hybridized carbons (Fsp3) is 0.667. The molecule has 2 rings (SSSR count). The predicted molar refractivity (Wildman–Crippen MR) is 108 cm³/mol. The highest BCUT2D eigenvalue weighted by molar-refractivity contribution is 5.98. The summed E-state index contributed by atoms with van der Waals surface area (Å²) in [4.78, 5) is 40.0. The summed E-state index contributed by atoms with van der Waals surface area (Å²) in [5.74, 6) is -1.58. The van der Waals surface area contributed by atoms with Crippen molar-refractivity contribution < 1.29 is 23.9 Å². The number of rotatable bonds is 7. The van der Waals surface area contributed by atoms with Crippen LogP contribution in [-0.2, 0) is 27.2 Å². The van der Waals surface area contributed by atoms with Crippen LogP contribution in [0.3, 0.4) is 0 Å². The highest BCUT2D eigenvalue weighted by atomic mass is 16.6. The number of H-pyrrole nitrogens is 1. The van der Waals surface area contributed by atoms with Gasteiger partial charge < -0.3 is 25.5 Å². The number of primary amides is 1. The summed E-state index contributed by atoms with van der Waals surface area (Å²) >= 11 is 0. The number of methoxy groups -OCH3 is 1. The average Bonchev–Trinajstić information content (AvgIpc) is 3.03. The molecule has 1 aromatic rings.